The minimum absolute atomic E-state index is 0.0232. The molecule has 0 spiro atoms. The molecule has 0 aliphatic heterocycles. The molecule has 47 heavy (non-hydrogen) atoms. The van der Waals surface area contributed by atoms with Crippen LogP contribution >= 0.6 is 23.2 Å². The lowest BCUT2D eigenvalue weighted by atomic mass is 9.88. The summed E-state index contributed by atoms with van der Waals surface area (Å²) in [6, 6.07) is 34.3. The Hall–Kier alpha value is -5.44. The van der Waals surface area contributed by atoms with E-state index >= 15 is 0 Å². The number of aldehydes is 1. The molecule has 0 saturated heterocycles. The Kier molecular flexibility index (Phi) is 11.0. The number of amides is 1. The average Bonchev–Trinajstić information content (AvgIpc) is 3.07. The van der Waals surface area contributed by atoms with E-state index in [-0.39, 0.29) is 27.6 Å². The minimum Gasteiger partial charge on any atom is -0.423 e. The van der Waals surface area contributed by atoms with Gasteiger partial charge in [-0.3, -0.25) is 4.79 Å². The van der Waals surface area contributed by atoms with Crippen molar-refractivity contribution in [2.24, 2.45) is 0 Å². The maximum absolute atomic E-state index is 13.9. The van der Waals surface area contributed by atoms with E-state index in [4.69, 9.17) is 32.7 Å². The van der Waals surface area contributed by atoms with Crippen molar-refractivity contribution in [2.45, 2.75) is 18.4 Å². The van der Waals surface area contributed by atoms with Crippen molar-refractivity contribution in [1.82, 2.24) is 0 Å². The molecule has 0 radical (unpaired) electrons. The molecule has 5 aromatic carbocycles. The van der Waals surface area contributed by atoms with Crippen LogP contribution < -0.4 is 20.1 Å². The highest BCUT2D eigenvalue weighted by molar-refractivity contribution is 6.34. The van der Waals surface area contributed by atoms with Gasteiger partial charge < -0.3 is 24.9 Å². The molecule has 2 atom stereocenters. The van der Waals surface area contributed by atoms with Crippen molar-refractivity contribution in [3.05, 3.63) is 154 Å². The summed E-state index contributed by atoms with van der Waals surface area (Å²) in [5.41, 5.74) is 1.74. The topological polar surface area (TPSA) is 111 Å². The molecule has 2 N–H and O–H groups in total. The van der Waals surface area contributed by atoms with Crippen LogP contribution in [0.5, 0.6) is 11.5 Å². The Morgan fingerprint density at radius 2 is 1.11 bits per heavy atom. The second-order valence-corrected chi connectivity index (χ2v) is 11.1. The summed E-state index contributed by atoms with van der Waals surface area (Å²) in [5, 5.41) is 6.21. The zero-order valence-corrected chi connectivity index (χ0v) is 26.3. The van der Waals surface area contributed by atoms with Gasteiger partial charge in [0.05, 0.1) is 21.2 Å². The molecule has 0 aliphatic carbocycles. The SMILES string of the molecule is O=CCC(c1ccccc1)C(Nc1ccc(C(=O)Oc2ccccc2)c(Cl)c1)C(=O)Nc1ccc(C(=O)Oc2ccccc2)c(Cl)c1. The first-order valence-electron chi connectivity index (χ1n) is 14.5. The first-order valence-corrected chi connectivity index (χ1v) is 15.3. The lowest BCUT2D eigenvalue weighted by molar-refractivity contribution is -0.117. The Bertz CT molecular complexity index is 1870. The second kappa shape index (κ2) is 15.7. The molecule has 0 bridgehead atoms. The number of para-hydroxylation sites is 2. The van der Waals surface area contributed by atoms with Crippen LogP contribution in [0.2, 0.25) is 10.0 Å². The highest BCUT2D eigenvalue weighted by atomic mass is 35.5. The summed E-state index contributed by atoms with van der Waals surface area (Å²) in [5.74, 6) is -1.64. The summed E-state index contributed by atoms with van der Waals surface area (Å²) < 4.78 is 10.8. The monoisotopic (exact) mass is 666 g/mol. The van der Waals surface area contributed by atoms with E-state index in [9.17, 15) is 19.2 Å². The first kappa shape index (κ1) is 32.9. The molecule has 0 heterocycles. The summed E-state index contributed by atoms with van der Waals surface area (Å²) in [4.78, 5) is 51.2. The summed E-state index contributed by atoms with van der Waals surface area (Å²) >= 11 is 12.9. The maximum Gasteiger partial charge on any atom is 0.345 e. The molecule has 236 valence electrons. The minimum atomic E-state index is -0.984. The van der Waals surface area contributed by atoms with Crippen LogP contribution in [0, 0.1) is 0 Å². The van der Waals surface area contributed by atoms with Gasteiger partial charge in [0.1, 0.15) is 23.8 Å². The van der Waals surface area contributed by atoms with Gasteiger partial charge in [-0.25, -0.2) is 9.59 Å². The molecule has 1 amide bonds. The number of rotatable bonds is 12. The van der Waals surface area contributed by atoms with E-state index in [2.05, 4.69) is 10.6 Å². The Morgan fingerprint density at radius 3 is 1.60 bits per heavy atom. The molecule has 2 unspecified atom stereocenters. The number of benzene rings is 5. The number of nitrogens with one attached hydrogen (secondary N) is 2. The largest absolute Gasteiger partial charge is 0.423 e. The van der Waals surface area contributed by atoms with E-state index in [1.54, 1.807) is 66.7 Å². The van der Waals surface area contributed by atoms with E-state index in [0.29, 0.717) is 22.9 Å². The molecule has 0 saturated carbocycles. The molecular weight excluding hydrogens is 639 g/mol. The summed E-state index contributed by atoms with van der Waals surface area (Å²) in [6.45, 7) is 0. The van der Waals surface area contributed by atoms with Gasteiger partial charge in [0.2, 0.25) is 5.91 Å². The third-order valence-electron chi connectivity index (χ3n) is 7.14. The Labute approximate surface area is 281 Å². The normalized spacial score (nSPS) is 11.9. The lowest BCUT2D eigenvalue weighted by Gasteiger charge is -2.27. The quantitative estimate of drug-likeness (QED) is 0.0784. The van der Waals surface area contributed by atoms with E-state index in [1.165, 1.54) is 30.3 Å². The molecule has 0 aromatic heterocycles. The van der Waals surface area contributed by atoms with E-state index < -0.39 is 29.8 Å². The van der Waals surface area contributed by atoms with Crippen LogP contribution in [0.4, 0.5) is 11.4 Å². The van der Waals surface area contributed by atoms with Crippen molar-refractivity contribution >= 4 is 58.7 Å². The highest BCUT2D eigenvalue weighted by Gasteiger charge is 2.30. The van der Waals surface area contributed by atoms with Gasteiger partial charge in [0.25, 0.3) is 0 Å². The summed E-state index contributed by atoms with van der Waals surface area (Å²) in [6.07, 6.45) is 0.772. The first-order chi connectivity index (χ1) is 22.8. The molecule has 5 rings (SSSR count). The van der Waals surface area contributed by atoms with Gasteiger partial charge in [-0.15, -0.1) is 0 Å². The van der Waals surface area contributed by atoms with Gasteiger partial charge >= 0.3 is 11.9 Å². The van der Waals surface area contributed by atoms with Crippen LogP contribution in [0.3, 0.4) is 0 Å². The van der Waals surface area contributed by atoms with Gasteiger partial charge in [0.15, 0.2) is 0 Å². The van der Waals surface area contributed by atoms with Crippen molar-refractivity contribution in [3.63, 3.8) is 0 Å². The smallest absolute Gasteiger partial charge is 0.345 e. The second-order valence-electron chi connectivity index (χ2n) is 10.3. The highest BCUT2D eigenvalue weighted by Crippen LogP contribution is 2.30. The molecule has 0 fully saturated rings. The number of hydrogen-bond donors (Lipinski definition) is 2. The fourth-order valence-electron chi connectivity index (χ4n) is 4.85. The van der Waals surface area contributed by atoms with Crippen molar-refractivity contribution < 1.29 is 28.7 Å². The zero-order chi connectivity index (χ0) is 33.2. The fourth-order valence-corrected chi connectivity index (χ4v) is 5.36. The number of carbonyl (C=O) groups is 4. The van der Waals surface area contributed by atoms with Crippen LogP contribution in [-0.2, 0) is 9.59 Å². The van der Waals surface area contributed by atoms with Crippen LogP contribution in [0.1, 0.15) is 38.6 Å². The predicted octanol–water partition coefficient (Wildman–Crippen LogP) is 8.22. The zero-order valence-electron chi connectivity index (χ0n) is 24.8. The predicted molar refractivity (Wildman–Crippen MR) is 182 cm³/mol. The van der Waals surface area contributed by atoms with Gasteiger partial charge in [-0.1, -0.05) is 89.9 Å². The maximum atomic E-state index is 13.9. The van der Waals surface area contributed by atoms with Crippen LogP contribution in [-0.4, -0.2) is 30.2 Å². The summed E-state index contributed by atoms with van der Waals surface area (Å²) in [7, 11) is 0. The van der Waals surface area contributed by atoms with Crippen molar-refractivity contribution in [3.8, 4) is 11.5 Å². The molecule has 0 aliphatic rings. The number of halogens is 2. The third-order valence-corrected chi connectivity index (χ3v) is 7.76. The average molecular weight is 668 g/mol. The van der Waals surface area contributed by atoms with Crippen LogP contribution in [0.25, 0.3) is 0 Å². The van der Waals surface area contributed by atoms with Gasteiger partial charge in [0, 0.05) is 23.7 Å². The fraction of sp³-hybridized carbons (Fsp3) is 0.0811. The van der Waals surface area contributed by atoms with E-state index in [0.717, 1.165) is 11.8 Å². The third kappa shape index (κ3) is 8.64. The number of hydrogen-bond acceptors (Lipinski definition) is 7. The van der Waals surface area contributed by atoms with Gasteiger partial charge in [-0.2, -0.15) is 0 Å². The van der Waals surface area contributed by atoms with E-state index in [1.807, 2.05) is 30.3 Å². The van der Waals surface area contributed by atoms with Crippen molar-refractivity contribution in [2.75, 3.05) is 10.6 Å². The molecule has 5 aromatic rings. The molecular formula is C37H28Cl2N2O6. The van der Waals surface area contributed by atoms with Crippen LogP contribution in [0.15, 0.2) is 127 Å². The number of esters is 2. The molecule has 8 nitrogen and oxygen atoms in total. The lowest BCUT2D eigenvalue weighted by Crippen LogP contribution is -2.40. The molecule has 10 heteroatoms. The Balaban J connectivity index is 1.38. The standard InChI is InChI=1S/C37H28Cl2N2O6/c38-32-22-25(16-18-30(32)36(44)46-27-12-6-2-7-13-27)40-34(29(20-21-42)24-10-4-1-5-11-24)35(43)41-26-17-19-31(33(39)23-26)37(45)47-28-14-8-3-9-15-28/h1-19,21-23,29,34,40H,20H2,(H,41,43). The number of carbonyl (C=O) groups excluding carboxylic acids is 4. The van der Waals surface area contributed by atoms with Crippen molar-refractivity contribution in [1.29, 1.82) is 0 Å². The number of ether oxygens (including phenoxy) is 2. The number of anilines is 2. The Morgan fingerprint density at radius 1 is 0.638 bits per heavy atom. The van der Waals surface area contributed by atoms with Gasteiger partial charge in [-0.05, 0) is 66.2 Å².